The SMILES string of the molecule is CN1CCC=C(SC(=N)C(=O)NC(CNC(=S)CNc2ccc(Cl)cc2)C(=O)N(C)C)C1. The molecule has 4 N–H and O–H groups in total. The van der Waals surface area contributed by atoms with Crippen molar-refractivity contribution in [3.05, 3.63) is 40.3 Å². The molecule has 32 heavy (non-hydrogen) atoms. The average Bonchev–Trinajstić information content (AvgIpc) is 2.75. The zero-order chi connectivity index (χ0) is 23.7. The first-order chi connectivity index (χ1) is 15.2. The molecular formula is C21H29ClN6O2S2. The molecule has 0 fully saturated rings. The first-order valence-electron chi connectivity index (χ1n) is 10.1. The Morgan fingerprint density at radius 1 is 1.31 bits per heavy atom. The first-order valence-corrected chi connectivity index (χ1v) is 11.7. The van der Waals surface area contributed by atoms with Crippen LogP contribution >= 0.6 is 35.6 Å². The Kier molecular flexibility index (Phi) is 10.4. The minimum absolute atomic E-state index is 0.118. The number of thiocarbonyl (C=S) groups is 1. The van der Waals surface area contributed by atoms with E-state index in [1.54, 1.807) is 26.2 Å². The molecule has 0 saturated carbocycles. The van der Waals surface area contributed by atoms with Crippen LogP contribution in [-0.2, 0) is 9.59 Å². The number of benzene rings is 1. The Morgan fingerprint density at radius 2 is 2.00 bits per heavy atom. The third-order valence-electron chi connectivity index (χ3n) is 4.59. The van der Waals surface area contributed by atoms with Crippen LogP contribution in [0.3, 0.4) is 0 Å². The molecule has 1 aliphatic rings. The van der Waals surface area contributed by atoms with Crippen molar-refractivity contribution in [3.8, 4) is 0 Å². The second-order valence-electron chi connectivity index (χ2n) is 7.55. The highest BCUT2D eigenvalue weighted by molar-refractivity contribution is 8.18. The topological polar surface area (TPSA) is 101 Å². The smallest absolute Gasteiger partial charge is 0.276 e. The van der Waals surface area contributed by atoms with E-state index in [0.717, 1.165) is 35.3 Å². The summed E-state index contributed by atoms with van der Waals surface area (Å²) in [6.07, 6.45) is 2.93. The highest BCUT2D eigenvalue weighted by atomic mass is 35.5. The van der Waals surface area contributed by atoms with Crippen LogP contribution in [0.25, 0.3) is 0 Å². The highest BCUT2D eigenvalue weighted by Gasteiger charge is 2.25. The molecule has 1 atom stereocenters. The third-order valence-corrected chi connectivity index (χ3v) is 6.08. The van der Waals surface area contributed by atoms with Crippen molar-refractivity contribution in [2.24, 2.45) is 0 Å². The number of likely N-dealkylation sites (N-methyl/N-ethyl adjacent to an activating group) is 2. The van der Waals surface area contributed by atoms with Crippen molar-refractivity contribution in [1.82, 2.24) is 20.4 Å². The van der Waals surface area contributed by atoms with Gasteiger partial charge in [-0.15, -0.1) is 0 Å². The van der Waals surface area contributed by atoms with Gasteiger partial charge in [0, 0.05) is 49.3 Å². The number of hydrogen-bond donors (Lipinski definition) is 4. The monoisotopic (exact) mass is 496 g/mol. The molecule has 1 aromatic carbocycles. The zero-order valence-electron chi connectivity index (χ0n) is 18.4. The van der Waals surface area contributed by atoms with E-state index in [4.69, 9.17) is 29.2 Å². The standard InChI is InChI=1S/C21H29ClN6O2S2/c1-27(2)21(30)17(11-25-18(31)12-24-15-8-6-14(22)7-9-15)26-20(29)19(23)32-16-5-4-10-28(3)13-16/h5-9,17,23-24H,4,10-13H2,1-3H3,(H,25,31)(H,26,29). The first kappa shape index (κ1) is 26.1. The molecule has 0 saturated heterocycles. The summed E-state index contributed by atoms with van der Waals surface area (Å²) in [5.41, 5.74) is 0.862. The number of nitrogens with zero attached hydrogens (tertiary/aromatic N) is 2. The van der Waals surface area contributed by atoms with Gasteiger partial charge >= 0.3 is 0 Å². The summed E-state index contributed by atoms with van der Waals surface area (Å²) in [4.78, 5) is 30.1. The maximum atomic E-state index is 12.6. The van der Waals surface area contributed by atoms with Gasteiger partial charge in [0.25, 0.3) is 5.91 Å². The summed E-state index contributed by atoms with van der Waals surface area (Å²) < 4.78 is 0. The molecule has 8 nitrogen and oxygen atoms in total. The van der Waals surface area contributed by atoms with Crippen LogP contribution in [0.1, 0.15) is 6.42 Å². The molecule has 0 aromatic heterocycles. The van der Waals surface area contributed by atoms with Gasteiger partial charge in [0.15, 0.2) is 5.04 Å². The van der Waals surface area contributed by atoms with E-state index in [2.05, 4.69) is 20.9 Å². The van der Waals surface area contributed by atoms with Crippen LogP contribution in [-0.4, -0.2) is 85.0 Å². The minimum Gasteiger partial charge on any atom is -0.379 e. The van der Waals surface area contributed by atoms with Crippen molar-refractivity contribution in [3.63, 3.8) is 0 Å². The summed E-state index contributed by atoms with van der Waals surface area (Å²) in [5, 5.41) is 17.5. The molecule has 2 rings (SSSR count). The van der Waals surface area contributed by atoms with Crippen molar-refractivity contribution in [2.45, 2.75) is 12.5 Å². The van der Waals surface area contributed by atoms with E-state index in [1.807, 2.05) is 25.3 Å². The lowest BCUT2D eigenvalue weighted by atomic mass is 10.2. The molecule has 11 heteroatoms. The maximum Gasteiger partial charge on any atom is 0.276 e. The van der Waals surface area contributed by atoms with Gasteiger partial charge in [-0.05, 0) is 37.7 Å². The number of rotatable bonds is 8. The molecular weight excluding hydrogens is 468 g/mol. The minimum atomic E-state index is -0.852. The van der Waals surface area contributed by atoms with E-state index in [9.17, 15) is 9.59 Å². The number of halogens is 1. The van der Waals surface area contributed by atoms with E-state index < -0.39 is 11.9 Å². The molecule has 1 aliphatic heterocycles. The molecule has 2 amide bonds. The van der Waals surface area contributed by atoms with Gasteiger partial charge in [-0.3, -0.25) is 15.0 Å². The van der Waals surface area contributed by atoms with E-state index in [1.165, 1.54) is 4.90 Å². The van der Waals surface area contributed by atoms with Crippen LogP contribution < -0.4 is 16.0 Å². The molecule has 1 heterocycles. The Labute approximate surface area is 203 Å². The number of nitrogens with one attached hydrogen (secondary N) is 4. The van der Waals surface area contributed by atoms with Gasteiger partial charge in [-0.2, -0.15) is 0 Å². The molecule has 0 aliphatic carbocycles. The van der Waals surface area contributed by atoms with Gasteiger partial charge in [-0.1, -0.05) is 41.7 Å². The highest BCUT2D eigenvalue weighted by Crippen LogP contribution is 2.22. The molecule has 174 valence electrons. The fourth-order valence-electron chi connectivity index (χ4n) is 2.87. The third kappa shape index (κ3) is 8.78. The molecule has 0 spiro atoms. The predicted molar refractivity (Wildman–Crippen MR) is 137 cm³/mol. The number of hydrogen-bond acceptors (Lipinski definition) is 7. The number of carbonyl (C=O) groups is 2. The van der Waals surface area contributed by atoms with Crippen molar-refractivity contribution >= 4 is 63.1 Å². The van der Waals surface area contributed by atoms with Crippen molar-refractivity contribution < 1.29 is 9.59 Å². The summed E-state index contributed by atoms with van der Waals surface area (Å²) in [7, 11) is 5.23. The second kappa shape index (κ2) is 12.8. The fourth-order valence-corrected chi connectivity index (χ4v) is 4.05. The Hall–Kier alpha value is -2.14. The largest absolute Gasteiger partial charge is 0.379 e. The number of amides is 2. The fraction of sp³-hybridized carbons (Fsp3) is 0.429. The lowest BCUT2D eigenvalue weighted by Gasteiger charge is -2.24. The number of thioether (sulfide) groups is 1. The van der Waals surface area contributed by atoms with Gasteiger partial charge in [-0.25, -0.2) is 0 Å². The predicted octanol–water partition coefficient (Wildman–Crippen LogP) is 2.17. The number of anilines is 1. The van der Waals surface area contributed by atoms with E-state index >= 15 is 0 Å². The Morgan fingerprint density at radius 3 is 2.62 bits per heavy atom. The van der Waals surface area contributed by atoms with Crippen LogP contribution in [0, 0.1) is 5.41 Å². The molecule has 1 aromatic rings. The number of carbonyl (C=O) groups excluding carboxylic acids is 2. The van der Waals surface area contributed by atoms with Gasteiger partial charge in [0.05, 0.1) is 11.5 Å². The van der Waals surface area contributed by atoms with Crippen LogP contribution in [0.5, 0.6) is 0 Å². The van der Waals surface area contributed by atoms with Crippen molar-refractivity contribution in [1.29, 1.82) is 5.41 Å². The lowest BCUT2D eigenvalue weighted by molar-refractivity contribution is -0.132. The van der Waals surface area contributed by atoms with Crippen molar-refractivity contribution in [2.75, 3.05) is 52.6 Å². The van der Waals surface area contributed by atoms with Crippen LogP contribution in [0.2, 0.25) is 5.02 Å². The average molecular weight is 497 g/mol. The summed E-state index contributed by atoms with van der Waals surface area (Å²) in [5.74, 6) is -0.870. The Bertz CT molecular complexity index is 876. The van der Waals surface area contributed by atoms with Gasteiger partial charge in [0.2, 0.25) is 5.91 Å². The molecule has 1 unspecified atom stereocenters. The van der Waals surface area contributed by atoms with E-state index in [-0.39, 0.29) is 17.5 Å². The lowest BCUT2D eigenvalue weighted by Crippen LogP contribution is -2.53. The summed E-state index contributed by atoms with van der Waals surface area (Å²) in [6, 6.07) is 6.38. The maximum absolute atomic E-state index is 12.6. The molecule has 0 radical (unpaired) electrons. The summed E-state index contributed by atoms with van der Waals surface area (Å²) in [6.45, 7) is 2.15. The quantitative estimate of drug-likeness (QED) is 0.248. The summed E-state index contributed by atoms with van der Waals surface area (Å²) >= 11 is 12.3. The van der Waals surface area contributed by atoms with Gasteiger partial charge < -0.3 is 25.8 Å². The Balaban J connectivity index is 1.88. The van der Waals surface area contributed by atoms with Crippen LogP contribution in [0.4, 0.5) is 5.69 Å². The van der Waals surface area contributed by atoms with Gasteiger partial charge in [0.1, 0.15) is 6.04 Å². The molecule has 0 bridgehead atoms. The zero-order valence-corrected chi connectivity index (χ0v) is 20.8. The normalized spacial score (nSPS) is 14.7. The van der Waals surface area contributed by atoms with E-state index in [0.29, 0.717) is 23.1 Å². The second-order valence-corrected chi connectivity index (χ2v) is 9.62. The van der Waals surface area contributed by atoms with Crippen LogP contribution in [0.15, 0.2) is 35.2 Å².